The van der Waals surface area contributed by atoms with Gasteiger partial charge in [0.25, 0.3) is 0 Å². The minimum atomic E-state index is -0.558. The fraction of sp³-hybridized carbons (Fsp3) is 0.526. The molecule has 0 bridgehead atoms. The maximum absolute atomic E-state index is 13.4. The summed E-state index contributed by atoms with van der Waals surface area (Å²) in [6.07, 6.45) is 0.224. The first-order chi connectivity index (χ1) is 13.0. The van der Waals surface area contributed by atoms with Gasteiger partial charge in [-0.3, -0.25) is 19.3 Å². The second-order valence-corrected chi connectivity index (χ2v) is 8.28. The second-order valence-electron chi connectivity index (χ2n) is 7.85. The van der Waals surface area contributed by atoms with Gasteiger partial charge in [0.05, 0.1) is 13.1 Å². The molecule has 154 valence electrons. The molecule has 3 amide bonds. The molecule has 0 aliphatic carbocycles. The van der Waals surface area contributed by atoms with Gasteiger partial charge in [-0.05, 0) is 39.0 Å². The highest BCUT2D eigenvalue weighted by Crippen LogP contribution is 2.18. The van der Waals surface area contributed by atoms with Gasteiger partial charge in [0.2, 0.25) is 17.7 Å². The Morgan fingerprint density at radius 1 is 1.11 bits per heavy atom. The molecule has 2 N–H and O–H groups in total. The third-order valence-corrected chi connectivity index (χ3v) is 4.26. The van der Waals surface area contributed by atoms with E-state index in [4.69, 9.17) is 11.6 Å². The highest BCUT2D eigenvalue weighted by atomic mass is 35.5. The van der Waals surface area contributed by atoms with Gasteiger partial charge in [0.1, 0.15) is 5.82 Å². The molecule has 9 heteroatoms. The van der Waals surface area contributed by atoms with Crippen LogP contribution < -0.4 is 10.6 Å². The third kappa shape index (κ3) is 7.44. The first kappa shape index (κ1) is 22.1. The van der Waals surface area contributed by atoms with Crippen LogP contribution in [0.3, 0.4) is 0 Å². The Balaban J connectivity index is 1.88. The monoisotopic (exact) mass is 412 g/mol. The summed E-state index contributed by atoms with van der Waals surface area (Å²) in [4.78, 5) is 40.0. The molecule has 0 aromatic heterocycles. The number of carbonyl (C=O) groups excluding carboxylic acids is 3. The molecule has 1 aromatic carbocycles. The Morgan fingerprint density at radius 3 is 2.46 bits per heavy atom. The lowest BCUT2D eigenvalue weighted by atomic mass is 10.1. The Hall–Kier alpha value is -2.19. The van der Waals surface area contributed by atoms with Gasteiger partial charge in [-0.1, -0.05) is 11.6 Å². The van der Waals surface area contributed by atoms with E-state index in [1.54, 1.807) is 0 Å². The lowest BCUT2D eigenvalue weighted by Crippen LogP contribution is -2.46. The number of hydrogen-bond donors (Lipinski definition) is 2. The Bertz CT molecular complexity index is 731. The van der Waals surface area contributed by atoms with Gasteiger partial charge >= 0.3 is 0 Å². The van der Waals surface area contributed by atoms with Gasteiger partial charge in [-0.2, -0.15) is 0 Å². The molecule has 0 spiro atoms. The second kappa shape index (κ2) is 9.34. The van der Waals surface area contributed by atoms with Crippen molar-refractivity contribution in [2.75, 3.05) is 38.0 Å². The van der Waals surface area contributed by atoms with E-state index < -0.39 is 11.7 Å². The van der Waals surface area contributed by atoms with Crippen molar-refractivity contribution in [3.8, 4) is 0 Å². The van der Waals surface area contributed by atoms with Gasteiger partial charge in [0.15, 0.2) is 0 Å². The van der Waals surface area contributed by atoms with E-state index in [1.165, 1.54) is 11.0 Å². The van der Waals surface area contributed by atoms with E-state index in [1.807, 2.05) is 25.7 Å². The molecule has 1 heterocycles. The normalized spacial score (nSPS) is 15.9. The first-order valence-corrected chi connectivity index (χ1v) is 9.47. The number of nitrogens with zero attached hydrogens (tertiary/aromatic N) is 2. The van der Waals surface area contributed by atoms with E-state index >= 15 is 0 Å². The fourth-order valence-electron chi connectivity index (χ4n) is 2.90. The summed E-state index contributed by atoms with van der Waals surface area (Å²) in [7, 11) is 0. The van der Waals surface area contributed by atoms with Crippen molar-refractivity contribution >= 4 is 35.0 Å². The number of nitrogens with one attached hydrogen (secondary N) is 2. The van der Waals surface area contributed by atoms with E-state index in [-0.39, 0.29) is 47.6 Å². The van der Waals surface area contributed by atoms with Crippen LogP contribution in [-0.2, 0) is 14.4 Å². The lowest BCUT2D eigenvalue weighted by Gasteiger charge is -2.24. The number of hydrogen-bond acceptors (Lipinski definition) is 4. The summed E-state index contributed by atoms with van der Waals surface area (Å²) in [6.45, 7) is 7.05. The van der Waals surface area contributed by atoms with Crippen molar-refractivity contribution in [1.29, 1.82) is 0 Å². The zero-order valence-electron chi connectivity index (χ0n) is 16.3. The van der Waals surface area contributed by atoms with E-state index in [2.05, 4.69) is 10.6 Å². The Labute approximate surface area is 169 Å². The molecular formula is C19H26ClFN4O3. The van der Waals surface area contributed by atoms with Gasteiger partial charge in [0, 0.05) is 42.3 Å². The van der Waals surface area contributed by atoms with Crippen molar-refractivity contribution in [2.24, 2.45) is 0 Å². The maximum atomic E-state index is 13.4. The zero-order chi connectivity index (χ0) is 20.9. The minimum Gasteiger partial charge on any atom is -0.350 e. The van der Waals surface area contributed by atoms with Crippen LogP contribution >= 0.6 is 11.6 Å². The van der Waals surface area contributed by atoms with Crippen LogP contribution in [0.15, 0.2) is 18.2 Å². The number of carbonyl (C=O) groups is 3. The zero-order valence-corrected chi connectivity index (χ0v) is 17.1. The summed E-state index contributed by atoms with van der Waals surface area (Å²) >= 11 is 5.77. The SMILES string of the molecule is CC(C)(C)NC(=O)CN1CCC(=O)N(CC(=O)Nc2cc(F)cc(Cl)c2)CC1. The quantitative estimate of drug-likeness (QED) is 0.773. The van der Waals surface area contributed by atoms with Crippen molar-refractivity contribution < 1.29 is 18.8 Å². The van der Waals surface area contributed by atoms with E-state index in [0.717, 1.165) is 12.1 Å². The van der Waals surface area contributed by atoms with Crippen LogP contribution in [0.5, 0.6) is 0 Å². The summed E-state index contributed by atoms with van der Waals surface area (Å²) < 4.78 is 13.4. The number of rotatable bonds is 5. The molecule has 28 heavy (non-hydrogen) atoms. The van der Waals surface area contributed by atoms with E-state index in [9.17, 15) is 18.8 Å². The third-order valence-electron chi connectivity index (χ3n) is 4.04. The van der Waals surface area contributed by atoms with Crippen LogP contribution in [0.4, 0.5) is 10.1 Å². The predicted octanol–water partition coefficient (Wildman–Crippen LogP) is 1.87. The number of anilines is 1. The highest BCUT2D eigenvalue weighted by molar-refractivity contribution is 6.30. The topological polar surface area (TPSA) is 81.8 Å². The van der Waals surface area contributed by atoms with Crippen molar-refractivity contribution in [1.82, 2.24) is 15.1 Å². The molecule has 1 aliphatic heterocycles. The average Bonchev–Trinajstić information content (AvgIpc) is 2.67. The largest absolute Gasteiger partial charge is 0.350 e. The average molecular weight is 413 g/mol. The molecule has 2 rings (SSSR count). The van der Waals surface area contributed by atoms with Crippen molar-refractivity contribution in [3.05, 3.63) is 29.0 Å². The molecular weight excluding hydrogens is 387 g/mol. The lowest BCUT2D eigenvalue weighted by molar-refractivity contribution is -0.133. The number of amides is 3. The van der Waals surface area contributed by atoms with Crippen LogP contribution in [0, 0.1) is 5.82 Å². The molecule has 1 fully saturated rings. The van der Waals surface area contributed by atoms with Gasteiger partial charge < -0.3 is 15.5 Å². The van der Waals surface area contributed by atoms with Gasteiger partial charge in [-0.15, -0.1) is 0 Å². The summed E-state index contributed by atoms with van der Waals surface area (Å²) in [6, 6.07) is 3.73. The van der Waals surface area contributed by atoms with Crippen LogP contribution in [0.1, 0.15) is 27.2 Å². The summed E-state index contributed by atoms with van der Waals surface area (Å²) in [5.41, 5.74) is -0.0828. The molecule has 1 aromatic rings. The molecule has 1 aliphatic rings. The van der Waals surface area contributed by atoms with Crippen molar-refractivity contribution in [3.63, 3.8) is 0 Å². The molecule has 0 unspecified atom stereocenters. The summed E-state index contributed by atoms with van der Waals surface area (Å²) in [5.74, 6) is -1.26. The summed E-state index contributed by atoms with van der Waals surface area (Å²) in [5, 5.41) is 5.61. The maximum Gasteiger partial charge on any atom is 0.243 e. The van der Waals surface area contributed by atoms with Crippen LogP contribution in [-0.4, -0.2) is 65.8 Å². The molecule has 0 radical (unpaired) electrons. The molecule has 1 saturated heterocycles. The van der Waals surface area contributed by atoms with Crippen LogP contribution in [0.2, 0.25) is 5.02 Å². The Morgan fingerprint density at radius 2 is 1.82 bits per heavy atom. The Kier molecular flexibility index (Phi) is 7.37. The van der Waals surface area contributed by atoms with Crippen LogP contribution in [0.25, 0.3) is 0 Å². The first-order valence-electron chi connectivity index (χ1n) is 9.09. The van der Waals surface area contributed by atoms with Gasteiger partial charge in [-0.25, -0.2) is 4.39 Å². The fourth-order valence-corrected chi connectivity index (χ4v) is 3.12. The standard InChI is InChI=1S/C19H26ClFN4O3/c1-19(2,3)23-17(27)11-24-5-4-18(28)25(7-6-24)12-16(26)22-15-9-13(20)8-14(21)10-15/h8-10H,4-7,11-12H2,1-3H3,(H,22,26)(H,23,27). The smallest absolute Gasteiger partial charge is 0.243 e. The minimum absolute atomic E-state index is 0.103. The highest BCUT2D eigenvalue weighted by Gasteiger charge is 2.24. The molecule has 0 atom stereocenters. The van der Waals surface area contributed by atoms with E-state index in [0.29, 0.717) is 19.6 Å². The predicted molar refractivity (Wildman–Crippen MR) is 106 cm³/mol. The molecule has 0 saturated carbocycles. The number of halogens is 2. The molecule has 7 nitrogen and oxygen atoms in total. The van der Waals surface area contributed by atoms with Crippen molar-refractivity contribution in [2.45, 2.75) is 32.7 Å². The number of benzene rings is 1.